The molecule has 27 heavy (non-hydrogen) atoms. The summed E-state index contributed by atoms with van der Waals surface area (Å²) < 4.78 is 10.7. The molecule has 1 heterocycles. The molecule has 6 heteroatoms. The molecule has 0 radical (unpaired) electrons. The predicted molar refractivity (Wildman–Crippen MR) is 105 cm³/mol. The van der Waals surface area contributed by atoms with Crippen LogP contribution in [0.3, 0.4) is 0 Å². The summed E-state index contributed by atoms with van der Waals surface area (Å²) >= 11 is 0. The van der Waals surface area contributed by atoms with Crippen LogP contribution >= 0.6 is 0 Å². The molecule has 1 aliphatic heterocycles. The van der Waals surface area contributed by atoms with Crippen LogP contribution in [0.25, 0.3) is 0 Å². The van der Waals surface area contributed by atoms with Crippen LogP contribution in [0.1, 0.15) is 28.8 Å². The summed E-state index contributed by atoms with van der Waals surface area (Å²) in [6.45, 7) is 2.85. The first kappa shape index (κ1) is 19.0. The number of nitrogens with zero attached hydrogens (tertiary/aromatic N) is 1. The van der Waals surface area contributed by atoms with E-state index in [1.165, 1.54) is 0 Å². The fourth-order valence-corrected chi connectivity index (χ4v) is 3.37. The molecule has 1 fully saturated rings. The quantitative estimate of drug-likeness (QED) is 0.778. The van der Waals surface area contributed by atoms with Crippen molar-refractivity contribution in [3.05, 3.63) is 53.6 Å². The molecule has 0 atom stereocenters. The summed E-state index contributed by atoms with van der Waals surface area (Å²) in [5, 5.41) is 12.6. The number of carboxylic acid groups (broad SMARTS) is 1. The van der Waals surface area contributed by atoms with Crippen LogP contribution in [0.4, 0.5) is 5.69 Å². The van der Waals surface area contributed by atoms with Gasteiger partial charge >= 0.3 is 5.97 Å². The maximum absolute atomic E-state index is 10.9. The predicted octanol–water partition coefficient (Wildman–Crippen LogP) is 3.48. The zero-order valence-electron chi connectivity index (χ0n) is 15.8. The lowest BCUT2D eigenvalue weighted by Crippen LogP contribution is -2.38. The molecule has 0 aromatic heterocycles. The Kier molecular flexibility index (Phi) is 6.19. The fourth-order valence-electron chi connectivity index (χ4n) is 3.37. The minimum absolute atomic E-state index is 0.329. The van der Waals surface area contributed by atoms with Gasteiger partial charge in [-0.3, -0.25) is 4.90 Å². The Bertz CT molecular complexity index is 746. The third-order valence-corrected chi connectivity index (χ3v) is 4.92. The first-order valence-corrected chi connectivity index (χ1v) is 9.11. The van der Waals surface area contributed by atoms with Crippen molar-refractivity contribution in [1.29, 1.82) is 0 Å². The van der Waals surface area contributed by atoms with Crippen molar-refractivity contribution in [1.82, 2.24) is 4.90 Å². The highest BCUT2D eigenvalue weighted by Crippen LogP contribution is 2.27. The molecule has 2 aromatic rings. The topological polar surface area (TPSA) is 71.0 Å². The van der Waals surface area contributed by atoms with E-state index in [-0.39, 0.29) is 0 Å². The highest BCUT2D eigenvalue weighted by Gasteiger charge is 2.19. The number of methoxy groups -OCH3 is 2. The Morgan fingerprint density at radius 3 is 2.19 bits per heavy atom. The lowest BCUT2D eigenvalue weighted by molar-refractivity contribution is 0.0697. The van der Waals surface area contributed by atoms with Crippen molar-refractivity contribution >= 4 is 11.7 Å². The highest BCUT2D eigenvalue weighted by atomic mass is 16.5. The molecular weight excluding hydrogens is 344 g/mol. The number of likely N-dealkylation sites (tertiary alicyclic amines) is 1. The van der Waals surface area contributed by atoms with Gasteiger partial charge in [0.1, 0.15) is 11.5 Å². The average molecular weight is 370 g/mol. The van der Waals surface area contributed by atoms with Crippen molar-refractivity contribution < 1.29 is 19.4 Å². The van der Waals surface area contributed by atoms with Crippen LogP contribution in [-0.2, 0) is 6.54 Å². The van der Waals surface area contributed by atoms with Gasteiger partial charge in [0, 0.05) is 49.6 Å². The molecule has 0 aliphatic carbocycles. The van der Waals surface area contributed by atoms with Gasteiger partial charge in [0.15, 0.2) is 0 Å². The van der Waals surface area contributed by atoms with Crippen molar-refractivity contribution in [3.63, 3.8) is 0 Å². The molecule has 0 saturated carbocycles. The van der Waals surface area contributed by atoms with Gasteiger partial charge in [-0.15, -0.1) is 0 Å². The van der Waals surface area contributed by atoms with Gasteiger partial charge in [-0.05, 0) is 30.5 Å². The Hall–Kier alpha value is -2.73. The van der Waals surface area contributed by atoms with Crippen molar-refractivity contribution in [2.45, 2.75) is 25.4 Å². The number of piperidine rings is 1. The summed E-state index contributed by atoms with van der Waals surface area (Å²) in [6, 6.07) is 13.4. The van der Waals surface area contributed by atoms with E-state index in [2.05, 4.69) is 10.2 Å². The zero-order valence-corrected chi connectivity index (χ0v) is 15.8. The molecule has 6 nitrogen and oxygen atoms in total. The number of benzene rings is 2. The van der Waals surface area contributed by atoms with Crippen LogP contribution in [0.15, 0.2) is 42.5 Å². The zero-order chi connectivity index (χ0) is 19.2. The molecule has 3 rings (SSSR count). The van der Waals surface area contributed by atoms with E-state index in [0.717, 1.165) is 55.2 Å². The van der Waals surface area contributed by atoms with E-state index in [1.807, 2.05) is 30.3 Å². The number of hydrogen-bond acceptors (Lipinski definition) is 5. The van der Waals surface area contributed by atoms with Crippen LogP contribution < -0.4 is 14.8 Å². The molecule has 1 aliphatic rings. The van der Waals surface area contributed by atoms with Crippen LogP contribution in [0.5, 0.6) is 11.5 Å². The summed E-state index contributed by atoms with van der Waals surface area (Å²) in [6.07, 6.45) is 2.10. The highest BCUT2D eigenvalue weighted by molar-refractivity contribution is 5.87. The van der Waals surface area contributed by atoms with Gasteiger partial charge in [-0.2, -0.15) is 0 Å². The molecule has 0 unspecified atom stereocenters. The first-order valence-electron chi connectivity index (χ1n) is 9.11. The number of carbonyl (C=O) groups is 1. The number of aromatic carboxylic acids is 1. The second-order valence-electron chi connectivity index (χ2n) is 6.80. The van der Waals surface area contributed by atoms with Crippen molar-refractivity contribution in [2.75, 3.05) is 32.6 Å². The monoisotopic (exact) mass is 370 g/mol. The van der Waals surface area contributed by atoms with Gasteiger partial charge in [0.2, 0.25) is 0 Å². The minimum Gasteiger partial charge on any atom is -0.497 e. The Balaban J connectivity index is 1.52. The van der Waals surface area contributed by atoms with E-state index in [4.69, 9.17) is 14.6 Å². The second kappa shape index (κ2) is 8.77. The summed E-state index contributed by atoms with van der Waals surface area (Å²) in [5.41, 5.74) is 2.48. The molecule has 1 saturated heterocycles. The number of anilines is 1. The molecule has 0 amide bonds. The Morgan fingerprint density at radius 2 is 1.67 bits per heavy atom. The smallest absolute Gasteiger partial charge is 0.335 e. The minimum atomic E-state index is -0.886. The lowest BCUT2D eigenvalue weighted by Gasteiger charge is -2.33. The maximum Gasteiger partial charge on any atom is 0.335 e. The molecule has 2 aromatic carbocycles. The largest absolute Gasteiger partial charge is 0.497 e. The van der Waals surface area contributed by atoms with Crippen LogP contribution in [-0.4, -0.2) is 49.3 Å². The van der Waals surface area contributed by atoms with Gasteiger partial charge in [0.05, 0.1) is 19.8 Å². The lowest BCUT2D eigenvalue weighted by atomic mass is 10.0. The van der Waals surface area contributed by atoms with Crippen molar-refractivity contribution in [3.8, 4) is 11.5 Å². The van der Waals surface area contributed by atoms with Gasteiger partial charge in [-0.1, -0.05) is 12.1 Å². The summed E-state index contributed by atoms with van der Waals surface area (Å²) in [5.74, 6) is 0.667. The molecule has 0 bridgehead atoms. The average Bonchev–Trinajstić information content (AvgIpc) is 2.69. The molecule has 0 spiro atoms. The van der Waals surface area contributed by atoms with E-state index in [1.54, 1.807) is 26.4 Å². The van der Waals surface area contributed by atoms with E-state index in [9.17, 15) is 4.79 Å². The Labute approximate surface area is 159 Å². The standard InChI is InChI=1S/C21H26N2O4/c1-26-19-11-18(12-20(13-19)27-2)22-17-7-9-23(10-8-17)14-15-3-5-16(6-4-15)21(24)25/h3-6,11-13,17,22H,7-10,14H2,1-2H3,(H,24,25). The number of nitrogens with one attached hydrogen (secondary N) is 1. The maximum atomic E-state index is 10.9. The normalized spacial score (nSPS) is 15.3. The van der Waals surface area contributed by atoms with Crippen LogP contribution in [0.2, 0.25) is 0 Å². The van der Waals surface area contributed by atoms with Crippen molar-refractivity contribution in [2.24, 2.45) is 0 Å². The summed E-state index contributed by atoms with van der Waals surface area (Å²) in [7, 11) is 3.31. The summed E-state index contributed by atoms with van der Waals surface area (Å²) in [4.78, 5) is 13.3. The third-order valence-electron chi connectivity index (χ3n) is 4.92. The van der Waals surface area contributed by atoms with Gasteiger partial charge in [0.25, 0.3) is 0 Å². The first-order chi connectivity index (χ1) is 13.1. The molecule has 2 N–H and O–H groups in total. The van der Waals surface area contributed by atoms with Crippen LogP contribution in [0, 0.1) is 0 Å². The Morgan fingerprint density at radius 1 is 1.07 bits per heavy atom. The van der Waals surface area contributed by atoms with E-state index in [0.29, 0.717) is 11.6 Å². The number of carboxylic acids is 1. The van der Waals surface area contributed by atoms with E-state index >= 15 is 0 Å². The second-order valence-corrected chi connectivity index (χ2v) is 6.80. The van der Waals surface area contributed by atoms with E-state index < -0.39 is 5.97 Å². The molecular formula is C21H26N2O4. The fraction of sp³-hybridized carbons (Fsp3) is 0.381. The number of rotatable bonds is 7. The van der Waals surface area contributed by atoms with Gasteiger partial charge in [-0.25, -0.2) is 4.79 Å². The SMILES string of the molecule is COc1cc(NC2CCN(Cc3ccc(C(=O)O)cc3)CC2)cc(OC)c1. The third kappa shape index (κ3) is 5.14. The molecule has 144 valence electrons. The number of ether oxygens (including phenoxy) is 2. The number of hydrogen-bond donors (Lipinski definition) is 2. The van der Waals surface area contributed by atoms with Gasteiger partial charge < -0.3 is 19.9 Å².